The predicted octanol–water partition coefficient (Wildman–Crippen LogP) is -0.662. The van der Waals surface area contributed by atoms with Crippen LogP contribution < -0.4 is 16.0 Å². The molecule has 4 N–H and O–H groups in total. The van der Waals surface area contributed by atoms with Crippen molar-refractivity contribution in [3.05, 3.63) is 35.6 Å². The van der Waals surface area contributed by atoms with Crippen LogP contribution in [-0.4, -0.2) is 61.9 Å². The number of aliphatic hydroxyl groups is 1. The zero-order chi connectivity index (χ0) is 18.2. The third kappa shape index (κ3) is 6.08. The zero-order valence-electron chi connectivity index (χ0n) is 14.1. The summed E-state index contributed by atoms with van der Waals surface area (Å²) < 4.78 is 18.1. The lowest BCUT2D eigenvalue weighted by molar-refractivity contribution is -0.129. The Kier molecular flexibility index (Phi) is 7.30. The number of carbonyl (C=O) groups excluding carboxylic acids is 2. The maximum Gasteiger partial charge on any atom is 0.245 e. The quantitative estimate of drug-likeness (QED) is 0.497. The van der Waals surface area contributed by atoms with Gasteiger partial charge >= 0.3 is 0 Å². The molecule has 2 unspecified atom stereocenters. The lowest BCUT2D eigenvalue weighted by Crippen LogP contribution is -2.51. The first-order valence-corrected chi connectivity index (χ1v) is 8.20. The molecule has 0 saturated carbocycles. The molecule has 25 heavy (non-hydrogen) atoms. The van der Waals surface area contributed by atoms with Crippen LogP contribution in [0, 0.1) is 5.82 Å². The second-order valence-electron chi connectivity index (χ2n) is 6.05. The Morgan fingerprint density at radius 1 is 1.40 bits per heavy atom. The van der Waals surface area contributed by atoms with Crippen LogP contribution >= 0.6 is 0 Å². The van der Waals surface area contributed by atoms with Crippen LogP contribution in [0.4, 0.5) is 4.39 Å². The fourth-order valence-corrected chi connectivity index (χ4v) is 2.69. The Balaban J connectivity index is 1.77. The molecule has 1 heterocycles. The number of benzene rings is 1. The van der Waals surface area contributed by atoms with Crippen molar-refractivity contribution in [3.63, 3.8) is 0 Å². The van der Waals surface area contributed by atoms with Gasteiger partial charge in [-0.05, 0) is 24.1 Å². The standard InChI is InChI=1S/C17H24FN3O4/c1-25-14-7-13(19-9-14)8-20-17(24)15(10-22)21-16(23)6-11-2-4-12(18)5-3-11/h2-5,13-15,19,22H,6-10H2,1H3,(H,20,24)(H,21,23)/t13?,14?,15-/m0/s1. The lowest BCUT2D eigenvalue weighted by Gasteiger charge is -2.18. The van der Waals surface area contributed by atoms with Crippen LogP contribution in [0.1, 0.15) is 12.0 Å². The number of rotatable bonds is 8. The molecule has 1 saturated heterocycles. The van der Waals surface area contributed by atoms with Crippen molar-refractivity contribution in [2.45, 2.75) is 31.0 Å². The Morgan fingerprint density at radius 3 is 2.72 bits per heavy atom. The summed E-state index contributed by atoms with van der Waals surface area (Å²) in [5, 5.41) is 17.8. The molecule has 1 aliphatic heterocycles. The second-order valence-corrected chi connectivity index (χ2v) is 6.05. The Labute approximate surface area is 145 Å². The summed E-state index contributed by atoms with van der Waals surface area (Å²) in [6, 6.07) is 4.61. The first-order valence-electron chi connectivity index (χ1n) is 8.20. The topological polar surface area (TPSA) is 99.7 Å². The summed E-state index contributed by atoms with van der Waals surface area (Å²) in [5.74, 6) is -1.25. The van der Waals surface area contributed by atoms with Gasteiger partial charge in [-0.25, -0.2) is 4.39 Å². The van der Waals surface area contributed by atoms with Gasteiger partial charge in [0.2, 0.25) is 11.8 Å². The van der Waals surface area contributed by atoms with Gasteiger partial charge < -0.3 is 25.8 Å². The van der Waals surface area contributed by atoms with Crippen LogP contribution in [0.15, 0.2) is 24.3 Å². The molecular formula is C17H24FN3O4. The number of carbonyl (C=O) groups is 2. The van der Waals surface area contributed by atoms with Gasteiger partial charge in [-0.15, -0.1) is 0 Å². The van der Waals surface area contributed by atoms with Gasteiger partial charge in [-0.1, -0.05) is 12.1 Å². The highest BCUT2D eigenvalue weighted by atomic mass is 19.1. The average molecular weight is 353 g/mol. The van der Waals surface area contributed by atoms with Gasteiger partial charge in [0.05, 0.1) is 19.1 Å². The van der Waals surface area contributed by atoms with E-state index in [0.29, 0.717) is 12.1 Å². The van der Waals surface area contributed by atoms with Crippen molar-refractivity contribution in [3.8, 4) is 0 Å². The fraction of sp³-hybridized carbons (Fsp3) is 0.529. The number of methoxy groups -OCH3 is 1. The van der Waals surface area contributed by atoms with Gasteiger partial charge in [0, 0.05) is 26.2 Å². The Hall–Kier alpha value is -2.03. The molecule has 2 amide bonds. The molecule has 7 nitrogen and oxygen atoms in total. The molecule has 0 radical (unpaired) electrons. The van der Waals surface area contributed by atoms with Gasteiger partial charge in [0.1, 0.15) is 11.9 Å². The lowest BCUT2D eigenvalue weighted by atomic mass is 10.1. The monoisotopic (exact) mass is 353 g/mol. The minimum Gasteiger partial charge on any atom is -0.394 e. The summed E-state index contributed by atoms with van der Waals surface area (Å²) in [4.78, 5) is 24.1. The number of hydrogen-bond donors (Lipinski definition) is 4. The van der Waals surface area contributed by atoms with Crippen LogP contribution in [0.3, 0.4) is 0 Å². The Morgan fingerprint density at radius 2 is 2.12 bits per heavy atom. The Bertz CT molecular complexity index is 582. The summed E-state index contributed by atoms with van der Waals surface area (Å²) in [7, 11) is 1.64. The van der Waals surface area contributed by atoms with E-state index in [1.807, 2.05) is 0 Å². The van der Waals surface area contributed by atoms with Crippen molar-refractivity contribution in [1.29, 1.82) is 0 Å². The largest absolute Gasteiger partial charge is 0.394 e. The summed E-state index contributed by atoms with van der Waals surface area (Å²) in [6.45, 7) is 0.623. The molecule has 1 aliphatic rings. The number of nitrogens with one attached hydrogen (secondary N) is 3. The van der Waals surface area contributed by atoms with E-state index in [2.05, 4.69) is 16.0 Å². The number of hydrogen-bond acceptors (Lipinski definition) is 5. The summed E-state index contributed by atoms with van der Waals surface area (Å²) in [6.07, 6.45) is 0.923. The minimum absolute atomic E-state index is 0.00373. The molecule has 3 atom stereocenters. The zero-order valence-corrected chi connectivity index (χ0v) is 14.1. The maximum atomic E-state index is 12.9. The van der Waals surface area contributed by atoms with E-state index < -0.39 is 24.5 Å². The van der Waals surface area contributed by atoms with Crippen LogP contribution in [0.2, 0.25) is 0 Å². The SMILES string of the molecule is COC1CNC(CNC(=O)[C@H](CO)NC(=O)Cc2ccc(F)cc2)C1. The normalized spacial score (nSPS) is 20.9. The van der Waals surface area contributed by atoms with Crippen LogP contribution in [-0.2, 0) is 20.7 Å². The van der Waals surface area contributed by atoms with E-state index in [1.165, 1.54) is 24.3 Å². The fourth-order valence-electron chi connectivity index (χ4n) is 2.69. The van der Waals surface area contributed by atoms with Gasteiger partial charge in [0.15, 0.2) is 0 Å². The van der Waals surface area contributed by atoms with E-state index in [0.717, 1.165) is 13.0 Å². The molecule has 0 aromatic heterocycles. The van der Waals surface area contributed by atoms with Crippen molar-refractivity contribution in [1.82, 2.24) is 16.0 Å². The third-order valence-corrected chi connectivity index (χ3v) is 4.15. The number of amides is 2. The molecular weight excluding hydrogens is 329 g/mol. The van der Waals surface area contributed by atoms with Crippen LogP contribution in [0.5, 0.6) is 0 Å². The van der Waals surface area contributed by atoms with Crippen molar-refractivity contribution >= 4 is 11.8 Å². The summed E-state index contributed by atoms with van der Waals surface area (Å²) >= 11 is 0. The summed E-state index contributed by atoms with van der Waals surface area (Å²) in [5.41, 5.74) is 0.622. The third-order valence-electron chi connectivity index (χ3n) is 4.15. The smallest absolute Gasteiger partial charge is 0.245 e. The van der Waals surface area contributed by atoms with E-state index in [-0.39, 0.29) is 24.4 Å². The molecule has 1 fully saturated rings. The molecule has 2 rings (SSSR count). The first kappa shape index (κ1) is 19.3. The van der Waals surface area contributed by atoms with Gasteiger partial charge in [-0.3, -0.25) is 9.59 Å². The molecule has 1 aromatic rings. The average Bonchev–Trinajstić information content (AvgIpc) is 3.07. The number of halogens is 1. The predicted molar refractivity (Wildman–Crippen MR) is 89.3 cm³/mol. The highest BCUT2D eigenvalue weighted by Gasteiger charge is 2.25. The highest BCUT2D eigenvalue weighted by Crippen LogP contribution is 2.08. The highest BCUT2D eigenvalue weighted by molar-refractivity contribution is 5.88. The van der Waals surface area contributed by atoms with Gasteiger partial charge in [-0.2, -0.15) is 0 Å². The van der Waals surface area contributed by atoms with E-state index in [4.69, 9.17) is 4.74 Å². The molecule has 138 valence electrons. The number of ether oxygens (including phenoxy) is 1. The molecule has 1 aromatic carbocycles. The van der Waals surface area contributed by atoms with Crippen LogP contribution in [0.25, 0.3) is 0 Å². The van der Waals surface area contributed by atoms with E-state index in [1.54, 1.807) is 7.11 Å². The van der Waals surface area contributed by atoms with Crippen molar-refractivity contribution in [2.24, 2.45) is 0 Å². The molecule has 0 spiro atoms. The number of aliphatic hydroxyl groups excluding tert-OH is 1. The second kappa shape index (κ2) is 9.45. The molecule has 8 heteroatoms. The minimum atomic E-state index is -1.02. The maximum absolute atomic E-state index is 12.9. The first-order chi connectivity index (χ1) is 12.0. The molecule has 0 bridgehead atoms. The van der Waals surface area contributed by atoms with E-state index >= 15 is 0 Å². The molecule has 0 aliphatic carbocycles. The van der Waals surface area contributed by atoms with Gasteiger partial charge in [0.25, 0.3) is 0 Å². The van der Waals surface area contributed by atoms with Crippen molar-refractivity contribution in [2.75, 3.05) is 26.8 Å². The van der Waals surface area contributed by atoms with E-state index in [9.17, 15) is 19.1 Å². The van der Waals surface area contributed by atoms with Crippen molar-refractivity contribution < 1.29 is 23.8 Å².